The number of benzene rings is 3. The normalized spacial score (nSPS) is 19.1. The van der Waals surface area contributed by atoms with Gasteiger partial charge in [-0.2, -0.15) is 0 Å². The molecule has 40 heavy (non-hydrogen) atoms. The van der Waals surface area contributed by atoms with Crippen molar-refractivity contribution < 1.29 is 9.59 Å². The Labute approximate surface area is 236 Å². The number of fused-ring (bicyclic) bond motifs is 1. The van der Waals surface area contributed by atoms with Crippen LogP contribution in [0.2, 0.25) is 0 Å². The highest BCUT2D eigenvalue weighted by molar-refractivity contribution is 6.37. The monoisotopic (exact) mass is 534 g/mol. The van der Waals surface area contributed by atoms with Crippen LogP contribution in [0.15, 0.2) is 72.8 Å². The number of rotatable bonds is 7. The van der Waals surface area contributed by atoms with E-state index >= 15 is 0 Å². The molecule has 0 radical (unpaired) electrons. The second-order valence-corrected chi connectivity index (χ2v) is 11.3. The molecule has 2 heterocycles. The van der Waals surface area contributed by atoms with Crippen LogP contribution in [0.1, 0.15) is 68.1 Å². The highest BCUT2D eigenvalue weighted by Gasteiger charge is 2.29. The van der Waals surface area contributed by atoms with Gasteiger partial charge in [0.25, 0.3) is 5.91 Å². The van der Waals surface area contributed by atoms with E-state index < -0.39 is 0 Å². The summed E-state index contributed by atoms with van der Waals surface area (Å²) >= 11 is 0. The van der Waals surface area contributed by atoms with E-state index in [1.54, 1.807) is 0 Å². The molecule has 3 aromatic rings. The molecule has 6 nitrogen and oxygen atoms in total. The zero-order valence-electron chi connectivity index (χ0n) is 23.0. The fourth-order valence-corrected chi connectivity index (χ4v) is 6.20. The van der Waals surface area contributed by atoms with Crippen LogP contribution in [0.5, 0.6) is 0 Å². The Morgan fingerprint density at radius 2 is 1.50 bits per heavy atom. The average molecular weight is 535 g/mol. The lowest BCUT2D eigenvalue weighted by Gasteiger charge is -2.26. The molecule has 2 aliphatic heterocycles. The van der Waals surface area contributed by atoms with Crippen molar-refractivity contribution in [2.24, 2.45) is 5.92 Å². The molecule has 1 saturated heterocycles. The van der Waals surface area contributed by atoms with Crippen LogP contribution >= 0.6 is 0 Å². The first-order chi connectivity index (χ1) is 19.6. The third kappa shape index (κ3) is 5.97. The Hall–Kier alpha value is -3.90. The van der Waals surface area contributed by atoms with E-state index in [9.17, 15) is 9.59 Å². The molecule has 2 fully saturated rings. The lowest BCUT2D eigenvalue weighted by molar-refractivity contribution is -0.120. The van der Waals surface area contributed by atoms with E-state index in [2.05, 4.69) is 45.1 Å². The highest BCUT2D eigenvalue weighted by Crippen LogP contribution is 2.39. The van der Waals surface area contributed by atoms with Crippen LogP contribution in [0, 0.1) is 5.92 Å². The standard InChI is InChI=1S/C34H38N4O2/c39-33(26-12-6-2-7-13-26)36-28-18-19-30-29(22-28)31(34(40)37-30)32(25-10-4-1-5-11-25)35-27-16-14-24(15-17-27)23-38-20-8-3-9-21-38/h1,4-5,10-11,14-19,22,26,35H,2-3,6-9,12-13,20-21,23H2,(H,36,39)(H,37,40). The van der Waals surface area contributed by atoms with Gasteiger partial charge < -0.3 is 16.0 Å². The smallest absolute Gasteiger partial charge is 0.258 e. The summed E-state index contributed by atoms with van der Waals surface area (Å²) in [6.45, 7) is 3.31. The van der Waals surface area contributed by atoms with Crippen LogP contribution in [-0.4, -0.2) is 29.8 Å². The number of carbonyl (C=O) groups excluding carboxylic acids is 2. The molecule has 3 aromatic carbocycles. The number of amides is 2. The molecule has 0 spiro atoms. The van der Waals surface area contributed by atoms with Gasteiger partial charge in [0.15, 0.2) is 0 Å². The molecule has 206 valence electrons. The maximum Gasteiger partial charge on any atom is 0.258 e. The van der Waals surface area contributed by atoms with Gasteiger partial charge in [-0.1, -0.05) is 68.1 Å². The number of anilines is 3. The van der Waals surface area contributed by atoms with Gasteiger partial charge in [-0.15, -0.1) is 0 Å². The van der Waals surface area contributed by atoms with Gasteiger partial charge >= 0.3 is 0 Å². The van der Waals surface area contributed by atoms with Crippen molar-refractivity contribution in [1.29, 1.82) is 0 Å². The van der Waals surface area contributed by atoms with Crippen molar-refractivity contribution in [2.75, 3.05) is 29.0 Å². The molecule has 6 heteroatoms. The highest BCUT2D eigenvalue weighted by atomic mass is 16.2. The zero-order chi connectivity index (χ0) is 27.3. The maximum atomic E-state index is 13.4. The predicted molar refractivity (Wildman–Crippen MR) is 163 cm³/mol. The third-order valence-electron chi connectivity index (χ3n) is 8.40. The first-order valence-electron chi connectivity index (χ1n) is 14.8. The molecule has 1 saturated carbocycles. The zero-order valence-corrected chi connectivity index (χ0v) is 23.0. The molecule has 6 rings (SSSR count). The maximum absolute atomic E-state index is 13.4. The van der Waals surface area contributed by atoms with Gasteiger partial charge in [-0.25, -0.2) is 0 Å². The summed E-state index contributed by atoms with van der Waals surface area (Å²) in [5.41, 5.74) is 6.73. The number of carbonyl (C=O) groups is 2. The molecule has 1 aliphatic carbocycles. The Morgan fingerprint density at radius 3 is 2.25 bits per heavy atom. The summed E-state index contributed by atoms with van der Waals surface area (Å²) in [5, 5.41) is 9.72. The van der Waals surface area contributed by atoms with E-state index in [-0.39, 0.29) is 17.7 Å². The summed E-state index contributed by atoms with van der Waals surface area (Å²) < 4.78 is 0. The molecule has 0 aromatic heterocycles. The molecule has 0 atom stereocenters. The summed E-state index contributed by atoms with van der Waals surface area (Å²) in [5.74, 6) is -0.0106. The Balaban J connectivity index is 1.29. The Kier molecular flexibility index (Phi) is 7.96. The largest absolute Gasteiger partial charge is 0.354 e. The second kappa shape index (κ2) is 12.1. The Bertz CT molecular complexity index is 1390. The minimum absolute atomic E-state index is 0.0659. The van der Waals surface area contributed by atoms with Crippen molar-refractivity contribution in [3.05, 3.63) is 89.5 Å². The first-order valence-corrected chi connectivity index (χ1v) is 14.8. The lowest BCUT2D eigenvalue weighted by atomic mass is 9.88. The lowest BCUT2D eigenvalue weighted by Crippen LogP contribution is -2.29. The number of likely N-dealkylation sites (tertiary alicyclic amines) is 1. The minimum Gasteiger partial charge on any atom is -0.354 e. The summed E-state index contributed by atoms with van der Waals surface area (Å²) in [7, 11) is 0. The number of hydrogen-bond donors (Lipinski definition) is 3. The van der Waals surface area contributed by atoms with E-state index in [1.807, 2.05) is 48.5 Å². The van der Waals surface area contributed by atoms with E-state index in [0.29, 0.717) is 5.57 Å². The minimum atomic E-state index is -0.154. The fourth-order valence-electron chi connectivity index (χ4n) is 6.20. The molecule has 3 aliphatic rings. The van der Waals surface area contributed by atoms with E-state index in [4.69, 9.17) is 0 Å². The summed E-state index contributed by atoms with van der Waals surface area (Å²) in [6, 6.07) is 24.2. The summed E-state index contributed by atoms with van der Waals surface area (Å²) in [6.07, 6.45) is 9.22. The van der Waals surface area contributed by atoms with Gasteiger partial charge in [0, 0.05) is 35.1 Å². The number of nitrogens with zero attached hydrogens (tertiary/aromatic N) is 1. The molecular weight excluding hydrogens is 496 g/mol. The SMILES string of the molecule is O=C1Nc2ccc(NC(=O)C3CCCCC3)cc2C1=C(Nc1ccc(CN2CCCCC2)cc1)c1ccccc1. The Morgan fingerprint density at radius 1 is 0.800 bits per heavy atom. The van der Waals surface area contributed by atoms with Gasteiger partial charge in [-0.05, 0) is 80.2 Å². The van der Waals surface area contributed by atoms with Gasteiger partial charge in [0.1, 0.15) is 0 Å². The molecule has 2 amide bonds. The van der Waals surface area contributed by atoms with Crippen LogP contribution in [0.3, 0.4) is 0 Å². The summed E-state index contributed by atoms with van der Waals surface area (Å²) in [4.78, 5) is 28.9. The van der Waals surface area contributed by atoms with Crippen molar-refractivity contribution in [3.63, 3.8) is 0 Å². The molecule has 3 N–H and O–H groups in total. The number of nitrogens with one attached hydrogen (secondary N) is 3. The topological polar surface area (TPSA) is 73.5 Å². The second-order valence-electron chi connectivity index (χ2n) is 11.3. The molecule has 0 unspecified atom stereocenters. The molecular formula is C34H38N4O2. The molecule has 0 bridgehead atoms. The third-order valence-corrected chi connectivity index (χ3v) is 8.40. The van der Waals surface area contributed by atoms with Crippen LogP contribution < -0.4 is 16.0 Å². The van der Waals surface area contributed by atoms with Crippen molar-refractivity contribution in [1.82, 2.24) is 4.90 Å². The van der Waals surface area contributed by atoms with E-state index in [1.165, 1.54) is 44.3 Å². The quantitative estimate of drug-likeness (QED) is 0.282. The first kappa shape index (κ1) is 26.3. The van der Waals surface area contributed by atoms with Crippen LogP contribution in [-0.2, 0) is 16.1 Å². The fraction of sp³-hybridized carbons (Fsp3) is 0.353. The van der Waals surface area contributed by atoms with Gasteiger partial charge in [0.05, 0.1) is 11.3 Å². The number of piperidine rings is 1. The van der Waals surface area contributed by atoms with Gasteiger partial charge in [0.2, 0.25) is 5.91 Å². The van der Waals surface area contributed by atoms with Gasteiger partial charge in [-0.3, -0.25) is 14.5 Å². The average Bonchev–Trinajstić information content (AvgIpc) is 3.33. The van der Waals surface area contributed by atoms with Crippen molar-refractivity contribution in [3.8, 4) is 0 Å². The van der Waals surface area contributed by atoms with Crippen molar-refractivity contribution >= 4 is 40.1 Å². The van der Waals surface area contributed by atoms with Crippen LogP contribution in [0.25, 0.3) is 11.3 Å². The number of hydrogen-bond acceptors (Lipinski definition) is 4. The van der Waals surface area contributed by atoms with Crippen molar-refractivity contribution in [2.45, 2.75) is 57.9 Å². The van der Waals surface area contributed by atoms with E-state index in [0.717, 1.165) is 66.1 Å². The predicted octanol–water partition coefficient (Wildman–Crippen LogP) is 7.12. The van der Waals surface area contributed by atoms with Crippen LogP contribution in [0.4, 0.5) is 17.1 Å².